The van der Waals surface area contributed by atoms with Crippen molar-refractivity contribution in [2.24, 2.45) is 16.7 Å². The van der Waals surface area contributed by atoms with Gasteiger partial charge in [-0.3, -0.25) is 24.9 Å². The SMILES string of the molecule is COC(=O)N[C@H](C(=O)C[C@@H](Cc1ccc(C#Cc2cnc(N3CC4CCC(C3)N4C3COC3)nc2)cc1)[C@H](CN(Cc1c(F)cc(-c2ccn(C(F)F)n2)cc1F)NC(=O)[C@@H](NC(=O)OC)C(C)(C)C(F)(F)F)OC(=O)c1cccnc1)C(C)(C)C(F)(F)F. The summed E-state index contributed by atoms with van der Waals surface area (Å²) in [6.07, 6.45) is -8.50. The van der Waals surface area contributed by atoms with Crippen molar-refractivity contribution < 1.29 is 86.8 Å². The van der Waals surface area contributed by atoms with Crippen molar-refractivity contribution in [2.75, 3.05) is 52.0 Å². The van der Waals surface area contributed by atoms with Crippen LogP contribution in [0, 0.1) is 40.2 Å². The van der Waals surface area contributed by atoms with E-state index in [9.17, 15) is 59.1 Å². The summed E-state index contributed by atoms with van der Waals surface area (Å²) >= 11 is 0. The number of hydrogen-bond donors (Lipinski definition) is 3. The third kappa shape index (κ3) is 15.7. The number of fused-ring (bicyclic) bond motifs is 2. The first kappa shape index (κ1) is 66.5. The van der Waals surface area contributed by atoms with Crippen molar-refractivity contribution in [2.45, 2.75) is 115 Å². The number of rotatable bonds is 22. The highest BCUT2D eigenvalue weighted by molar-refractivity contribution is 5.90. The molecule has 3 saturated heterocycles. The standard InChI is InChI=1S/C59H63F10N11O9/c1-56(2,58(64,65)66)48(73-54(84)86-5)46(81)23-38(20-34-12-9-33(10-13-34)11-14-35-24-71-53(72-25-35)77-27-39-15-16-40(28-77)80(39)41-31-88-32-41)47(89-51(83)36-8-7-18-70-26-36)30-78(76-50(82)49(74-55(85)87-6)57(3,4)59(67,68)69)29-42-43(60)21-37(22-44(42)61)45-17-19-79(75-45)52(62)63/h7-10,12-13,17-19,21-22,24-26,38-41,47-49,52H,15-16,20,23,27-32H2,1-6H3,(H,73,84)(H,74,85)(H,76,82)/t38-,39?,40?,47+,48-,49-/m1/s1. The van der Waals surface area contributed by atoms with Gasteiger partial charge >= 0.3 is 37.1 Å². The molecule has 2 aromatic carbocycles. The maximum absolute atomic E-state index is 16.5. The molecule has 2 unspecified atom stereocenters. The van der Waals surface area contributed by atoms with Gasteiger partial charge in [0.25, 0.3) is 5.91 Å². The van der Waals surface area contributed by atoms with Gasteiger partial charge in [-0.15, -0.1) is 0 Å². The van der Waals surface area contributed by atoms with Crippen molar-refractivity contribution in [3.63, 3.8) is 0 Å². The number of aromatic nitrogens is 5. The van der Waals surface area contributed by atoms with Crippen LogP contribution in [0.3, 0.4) is 0 Å². The Balaban J connectivity index is 1.17. The van der Waals surface area contributed by atoms with Crippen LogP contribution in [0.2, 0.25) is 0 Å². The smallest absolute Gasteiger partial charge is 0.407 e. The van der Waals surface area contributed by atoms with Gasteiger partial charge in [0.1, 0.15) is 29.8 Å². The zero-order valence-corrected chi connectivity index (χ0v) is 48.8. The molecular formula is C59H63F10N11O9. The van der Waals surface area contributed by atoms with E-state index in [1.807, 2.05) is 10.6 Å². The molecule has 30 heteroatoms. The molecule has 3 amide bonds. The largest absolute Gasteiger partial charge is 0.457 e. The minimum atomic E-state index is -5.28. The number of hydrazine groups is 1. The van der Waals surface area contributed by atoms with Gasteiger partial charge in [-0.05, 0) is 95.0 Å². The van der Waals surface area contributed by atoms with Crippen molar-refractivity contribution in [3.8, 4) is 23.1 Å². The Hall–Kier alpha value is -8.43. The van der Waals surface area contributed by atoms with Crippen LogP contribution in [0.5, 0.6) is 0 Å². The lowest BCUT2D eigenvalue weighted by Crippen LogP contribution is -2.62. The lowest BCUT2D eigenvalue weighted by Gasteiger charge is -2.47. The number of ketones is 1. The molecule has 5 aromatic rings. The number of amides is 3. The number of Topliss-reactive ketones (excluding diaryl/α,β-unsaturated/α-hetero) is 1. The third-order valence-electron chi connectivity index (χ3n) is 16.1. The van der Waals surface area contributed by atoms with E-state index in [-0.39, 0.29) is 27.1 Å². The van der Waals surface area contributed by atoms with Gasteiger partial charge in [0.05, 0.1) is 67.7 Å². The molecule has 6 atom stereocenters. The molecule has 3 aliphatic heterocycles. The maximum Gasteiger partial charge on any atom is 0.407 e. The van der Waals surface area contributed by atoms with Gasteiger partial charge in [-0.1, -0.05) is 24.0 Å². The number of benzene rings is 2. The average molecular weight is 1260 g/mol. The monoisotopic (exact) mass is 1260 g/mol. The number of nitrogens with one attached hydrogen (secondary N) is 3. The topological polar surface area (TPSA) is 225 Å². The number of esters is 1. The number of hydrogen-bond acceptors (Lipinski definition) is 16. The second-order valence-electron chi connectivity index (χ2n) is 22.8. The molecule has 89 heavy (non-hydrogen) atoms. The van der Waals surface area contributed by atoms with E-state index in [0.717, 1.165) is 71.8 Å². The number of alkyl carbamates (subject to hydrolysis) is 2. The fourth-order valence-electron chi connectivity index (χ4n) is 10.7. The molecule has 8 rings (SSSR count). The molecule has 6 heterocycles. The van der Waals surface area contributed by atoms with E-state index in [1.54, 1.807) is 24.5 Å². The Morgan fingerprint density at radius 2 is 1.36 bits per heavy atom. The summed E-state index contributed by atoms with van der Waals surface area (Å²) in [5, 5.41) is 7.94. The highest BCUT2D eigenvalue weighted by Gasteiger charge is 2.57. The van der Waals surface area contributed by atoms with Gasteiger partial charge in [-0.25, -0.2) is 42.8 Å². The molecule has 0 spiro atoms. The molecule has 20 nitrogen and oxygen atoms in total. The second kappa shape index (κ2) is 27.5. The highest BCUT2D eigenvalue weighted by atomic mass is 19.4. The predicted molar refractivity (Wildman–Crippen MR) is 296 cm³/mol. The van der Waals surface area contributed by atoms with Crippen LogP contribution in [0.4, 0.5) is 59.4 Å². The molecule has 3 aliphatic rings. The molecule has 3 aromatic heterocycles. The molecule has 0 radical (unpaired) electrons. The number of pyridine rings is 1. The Bertz CT molecular complexity index is 3360. The first-order valence-electron chi connectivity index (χ1n) is 27.8. The fourth-order valence-corrected chi connectivity index (χ4v) is 10.7. The number of piperazine rings is 1. The lowest BCUT2D eigenvalue weighted by atomic mass is 9.77. The van der Waals surface area contributed by atoms with E-state index in [2.05, 4.69) is 56.6 Å². The van der Waals surface area contributed by atoms with Gasteiger partial charge in [0.2, 0.25) is 5.95 Å². The van der Waals surface area contributed by atoms with Crippen molar-refractivity contribution in [3.05, 3.63) is 125 Å². The summed E-state index contributed by atoms with van der Waals surface area (Å²) in [5.41, 5.74) is -4.89. The quantitative estimate of drug-likeness (QED) is 0.0195. The first-order valence-corrected chi connectivity index (χ1v) is 27.8. The van der Waals surface area contributed by atoms with E-state index in [1.165, 1.54) is 30.5 Å². The maximum atomic E-state index is 16.5. The van der Waals surface area contributed by atoms with Crippen LogP contribution in [0.15, 0.2) is 85.6 Å². The summed E-state index contributed by atoms with van der Waals surface area (Å²) in [7, 11) is 1.61. The second-order valence-corrected chi connectivity index (χ2v) is 22.8. The van der Waals surface area contributed by atoms with Crippen LogP contribution in [-0.4, -0.2) is 160 Å². The molecule has 0 saturated carbocycles. The number of anilines is 1. The summed E-state index contributed by atoms with van der Waals surface area (Å²) in [6, 6.07) is 7.07. The van der Waals surface area contributed by atoms with Crippen molar-refractivity contribution >= 4 is 35.8 Å². The van der Waals surface area contributed by atoms with Crippen molar-refractivity contribution in [1.82, 2.24) is 50.7 Å². The van der Waals surface area contributed by atoms with Gasteiger partial charge < -0.3 is 34.5 Å². The summed E-state index contributed by atoms with van der Waals surface area (Å²) < 4.78 is 170. The first-order chi connectivity index (χ1) is 42.0. The normalized spacial score (nSPS) is 17.8. The minimum absolute atomic E-state index is 0.194. The number of nitrogens with zero attached hydrogens (tertiary/aromatic N) is 8. The number of alkyl halides is 8. The van der Waals surface area contributed by atoms with E-state index >= 15 is 8.78 Å². The Morgan fingerprint density at radius 3 is 1.89 bits per heavy atom. The van der Waals surface area contributed by atoms with Gasteiger partial charge in [0, 0.05) is 91.7 Å². The third-order valence-corrected chi connectivity index (χ3v) is 16.1. The van der Waals surface area contributed by atoms with Crippen LogP contribution >= 0.6 is 0 Å². The lowest BCUT2D eigenvalue weighted by molar-refractivity contribution is -0.221. The van der Waals surface area contributed by atoms with E-state index in [4.69, 9.17) is 9.47 Å². The molecule has 2 bridgehead atoms. The van der Waals surface area contributed by atoms with E-state index < -0.39 is 127 Å². The Labute approximate surface area is 503 Å². The van der Waals surface area contributed by atoms with E-state index in [0.29, 0.717) is 80.0 Å². The number of carbonyl (C=O) groups is 5. The molecular weight excluding hydrogens is 1200 g/mol. The Morgan fingerprint density at radius 1 is 0.775 bits per heavy atom. The van der Waals surface area contributed by atoms with Crippen LogP contribution in [0.1, 0.15) is 86.1 Å². The zero-order valence-electron chi connectivity index (χ0n) is 48.8. The Kier molecular flexibility index (Phi) is 20.6. The van der Waals surface area contributed by atoms with Crippen LogP contribution in [0.25, 0.3) is 11.3 Å². The molecule has 3 fully saturated rings. The number of halogens is 10. The number of carbonyl (C=O) groups excluding carboxylic acids is 5. The fraction of sp³-hybridized carbons (Fsp3) is 0.475. The number of ether oxygens (including phenoxy) is 4. The summed E-state index contributed by atoms with van der Waals surface area (Å²) in [4.78, 5) is 86.5. The molecule has 0 aliphatic carbocycles. The minimum Gasteiger partial charge on any atom is -0.457 e. The van der Waals surface area contributed by atoms with Crippen LogP contribution in [-0.2, 0) is 41.5 Å². The number of methoxy groups -OCH3 is 2. The average Bonchev–Trinajstić information content (AvgIpc) is 1.82. The zero-order chi connectivity index (χ0) is 64.8. The summed E-state index contributed by atoms with van der Waals surface area (Å²) in [5.74, 6) is -2.24. The van der Waals surface area contributed by atoms with Crippen molar-refractivity contribution in [1.29, 1.82) is 0 Å². The molecule has 3 N–H and O–H groups in total. The summed E-state index contributed by atoms with van der Waals surface area (Å²) in [6.45, 7) is -0.162. The van der Waals surface area contributed by atoms with Gasteiger partial charge in [-0.2, -0.15) is 40.2 Å². The highest BCUT2D eigenvalue weighted by Crippen LogP contribution is 2.43. The molecule has 478 valence electrons. The van der Waals surface area contributed by atoms with Gasteiger partial charge in [0.15, 0.2) is 5.78 Å². The van der Waals surface area contributed by atoms with Crippen LogP contribution < -0.4 is 21.0 Å². The predicted octanol–water partition coefficient (Wildman–Crippen LogP) is 8.36.